The van der Waals surface area contributed by atoms with Gasteiger partial charge in [0, 0.05) is 17.2 Å². The summed E-state index contributed by atoms with van der Waals surface area (Å²) in [5, 5.41) is 11.3. The molecule has 0 saturated carbocycles. The summed E-state index contributed by atoms with van der Waals surface area (Å²) in [6, 6.07) is 8.28. The smallest absolute Gasteiger partial charge is 0.337 e. The predicted molar refractivity (Wildman–Crippen MR) is 98.0 cm³/mol. The summed E-state index contributed by atoms with van der Waals surface area (Å²) < 4.78 is 9.49. The Balaban J connectivity index is 1.89. The molecule has 1 heterocycles. The SMILES string of the molecule is COC(=O)c1ccc(/C=C/C(=O)OCC(=O)[C@@H](C#N)c2nc(C)cs2)cc1. The molecule has 0 aliphatic heterocycles. The first-order valence-corrected chi connectivity index (χ1v) is 8.70. The maximum Gasteiger partial charge on any atom is 0.337 e. The van der Waals surface area contributed by atoms with Crippen LogP contribution in [-0.4, -0.2) is 36.4 Å². The number of esters is 2. The van der Waals surface area contributed by atoms with E-state index in [9.17, 15) is 14.4 Å². The van der Waals surface area contributed by atoms with Gasteiger partial charge in [-0.05, 0) is 30.7 Å². The minimum absolute atomic E-state index is 0.386. The lowest BCUT2D eigenvalue weighted by Crippen LogP contribution is -2.19. The first-order chi connectivity index (χ1) is 12.9. The number of ketones is 1. The van der Waals surface area contributed by atoms with Crippen molar-refractivity contribution in [2.75, 3.05) is 13.7 Å². The van der Waals surface area contributed by atoms with Gasteiger partial charge in [-0.3, -0.25) is 4.79 Å². The van der Waals surface area contributed by atoms with Crippen molar-refractivity contribution < 1.29 is 23.9 Å². The highest BCUT2D eigenvalue weighted by Crippen LogP contribution is 2.20. The average molecular weight is 384 g/mol. The number of carbonyl (C=O) groups is 3. The molecule has 2 rings (SSSR count). The summed E-state index contributed by atoms with van der Waals surface area (Å²) in [5.41, 5.74) is 1.78. The Kier molecular flexibility index (Phi) is 6.97. The van der Waals surface area contributed by atoms with Crippen molar-refractivity contribution in [2.45, 2.75) is 12.8 Å². The van der Waals surface area contributed by atoms with Crippen LogP contribution >= 0.6 is 11.3 Å². The average Bonchev–Trinajstić information content (AvgIpc) is 3.11. The molecular formula is C19H16N2O5S. The molecule has 0 radical (unpaired) electrons. The van der Waals surface area contributed by atoms with Crippen LogP contribution in [0.2, 0.25) is 0 Å². The highest BCUT2D eigenvalue weighted by Gasteiger charge is 2.24. The number of carbonyl (C=O) groups excluding carboxylic acids is 3. The zero-order valence-corrected chi connectivity index (χ0v) is 15.5. The summed E-state index contributed by atoms with van der Waals surface area (Å²) in [6.45, 7) is 1.25. The molecule has 1 atom stereocenters. The fourth-order valence-electron chi connectivity index (χ4n) is 2.06. The van der Waals surface area contributed by atoms with Gasteiger partial charge >= 0.3 is 11.9 Å². The third-order valence-corrected chi connectivity index (χ3v) is 4.46. The number of rotatable bonds is 7. The third-order valence-electron chi connectivity index (χ3n) is 3.44. The molecule has 0 saturated heterocycles. The molecular weight excluding hydrogens is 368 g/mol. The Morgan fingerprint density at radius 3 is 2.56 bits per heavy atom. The Hall–Kier alpha value is -3.31. The van der Waals surface area contributed by atoms with Gasteiger partial charge in [0.15, 0.2) is 18.3 Å². The van der Waals surface area contributed by atoms with Crippen LogP contribution < -0.4 is 0 Å². The van der Waals surface area contributed by atoms with E-state index in [0.717, 1.165) is 11.8 Å². The number of hydrogen-bond donors (Lipinski definition) is 0. The number of nitriles is 1. The Morgan fingerprint density at radius 2 is 2.00 bits per heavy atom. The van der Waals surface area contributed by atoms with Gasteiger partial charge in [0.25, 0.3) is 0 Å². The van der Waals surface area contributed by atoms with Gasteiger partial charge in [-0.2, -0.15) is 5.26 Å². The predicted octanol–water partition coefficient (Wildman–Crippen LogP) is 2.67. The summed E-state index contributed by atoms with van der Waals surface area (Å²) in [6.07, 6.45) is 2.65. The molecule has 1 aromatic heterocycles. The van der Waals surface area contributed by atoms with Crippen LogP contribution in [0.25, 0.3) is 6.08 Å². The van der Waals surface area contributed by atoms with Crippen LogP contribution in [0, 0.1) is 18.3 Å². The summed E-state index contributed by atoms with van der Waals surface area (Å²) in [5.74, 6) is -2.75. The van der Waals surface area contributed by atoms with E-state index in [4.69, 9.17) is 10.00 Å². The number of ether oxygens (including phenoxy) is 2. The zero-order chi connectivity index (χ0) is 19.8. The summed E-state index contributed by atoms with van der Waals surface area (Å²) in [4.78, 5) is 39.3. The molecule has 0 unspecified atom stereocenters. The molecule has 0 fully saturated rings. The molecule has 0 aliphatic rings. The van der Waals surface area contributed by atoms with Gasteiger partial charge in [0.2, 0.25) is 0 Å². The second-order valence-electron chi connectivity index (χ2n) is 5.41. The lowest BCUT2D eigenvalue weighted by molar-refractivity contribution is -0.143. The second-order valence-corrected chi connectivity index (χ2v) is 6.30. The van der Waals surface area contributed by atoms with Crippen LogP contribution in [0.15, 0.2) is 35.7 Å². The molecule has 0 aliphatic carbocycles. The maximum absolute atomic E-state index is 12.1. The molecule has 7 nitrogen and oxygen atoms in total. The number of Topliss-reactive ketones (excluding diaryl/α,β-unsaturated/α-hetero) is 1. The number of methoxy groups -OCH3 is 1. The number of hydrogen-bond acceptors (Lipinski definition) is 8. The fourth-order valence-corrected chi connectivity index (χ4v) is 2.92. The minimum Gasteiger partial charge on any atom is -0.465 e. The molecule has 1 aromatic carbocycles. The lowest BCUT2D eigenvalue weighted by atomic mass is 10.1. The van der Waals surface area contributed by atoms with Gasteiger partial charge in [0.1, 0.15) is 5.01 Å². The molecule has 8 heteroatoms. The molecule has 138 valence electrons. The highest BCUT2D eigenvalue weighted by molar-refractivity contribution is 7.09. The van der Waals surface area contributed by atoms with Gasteiger partial charge < -0.3 is 9.47 Å². The molecule has 0 bridgehead atoms. The summed E-state index contributed by atoms with van der Waals surface area (Å²) >= 11 is 1.22. The number of thiazole rings is 1. The van der Waals surface area contributed by atoms with Crippen molar-refractivity contribution in [3.05, 3.63) is 57.6 Å². The summed E-state index contributed by atoms with van der Waals surface area (Å²) in [7, 11) is 1.29. The van der Waals surface area contributed by atoms with Crippen molar-refractivity contribution in [1.82, 2.24) is 4.98 Å². The molecule has 27 heavy (non-hydrogen) atoms. The van der Waals surface area contributed by atoms with Gasteiger partial charge in [-0.15, -0.1) is 11.3 Å². The van der Waals surface area contributed by atoms with Crippen LogP contribution in [0.1, 0.15) is 32.5 Å². The number of aryl methyl sites for hydroxylation is 1. The maximum atomic E-state index is 12.1. The van der Waals surface area contributed by atoms with E-state index in [1.54, 1.807) is 36.6 Å². The van der Waals surface area contributed by atoms with Crippen LogP contribution in [0.3, 0.4) is 0 Å². The largest absolute Gasteiger partial charge is 0.465 e. The first kappa shape index (κ1) is 20.0. The zero-order valence-electron chi connectivity index (χ0n) is 14.7. The van der Waals surface area contributed by atoms with E-state index in [0.29, 0.717) is 16.1 Å². The monoisotopic (exact) mass is 384 g/mol. The normalized spacial score (nSPS) is 11.6. The van der Waals surface area contributed by atoms with E-state index in [2.05, 4.69) is 9.72 Å². The minimum atomic E-state index is -1.05. The second kappa shape index (κ2) is 9.40. The van der Waals surface area contributed by atoms with E-state index < -0.39 is 30.2 Å². The Labute approximate surface area is 159 Å². The van der Waals surface area contributed by atoms with Crippen molar-refractivity contribution in [1.29, 1.82) is 5.26 Å². The van der Waals surface area contributed by atoms with Crippen LogP contribution in [-0.2, 0) is 19.1 Å². The van der Waals surface area contributed by atoms with Gasteiger partial charge in [0.05, 0.1) is 18.7 Å². The van der Waals surface area contributed by atoms with Gasteiger partial charge in [-0.1, -0.05) is 12.1 Å². The standard InChI is InChI=1S/C19H16N2O5S/c1-12-11-27-18(21-12)15(9-20)16(22)10-26-17(23)8-5-13-3-6-14(7-4-13)19(24)25-2/h3-8,11,15H,10H2,1-2H3/b8-5+/t15-/m1/s1. The molecule has 0 N–H and O–H groups in total. The number of aromatic nitrogens is 1. The quantitative estimate of drug-likeness (QED) is 0.533. The van der Waals surface area contributed by atoms with Gasteiger partial charge in [-0.25, -0.2) is 14.6 Å². The van der Waals surface area contributed by atoms with Crippen molar-refractivity contribution in [3.63, 3.8) is 0 Å². The molecule has 0 spiro atoms. The first-order valence-electron chi connectivity index (χ1n) is 7.82. The fraction of sp³-hybridized carbons (Fsp3) is 0.211. The van der Waals surface area contributed by atoms with Crippen molar-refractivity contribution in [2.24, 2.45) is 0 Å². The number of nitrogens with zero attached hydrogens (tertiary/aromatic N) is 2. The highest BCUT2D eigenvalue weighted by atomic mass is 32.1. The van der Waals surface area contributed by atoms with E-state index in [1.165, 1.54) is 24.5 Å². The van der Waals surface area contributed by atoms with Crippen molar-refractivity contribution >= 4 is 35.1 Å². The van der Waals surface area contributed by atoms with E-state index in [1.807, 2.05) is 6.07 Å². The Bertz CT molecular complexity index is 909. The molecule has 0 amide bonds. The lowest BCUT2D eigenvalue weighted by Gasteiger charge is -2.05. The van der Waals surface area contributed by atoms with Crippen molar-refractivity contribution in [3.8, 4) is 6.07 Å². The van der Waals surface area contributed by atoms with E-state index in [-0.39, 0.29) is 0 Å². The van der Waals surface area contributed by atoms with E-state index >= 15 is 0 Å². The number of benzene rings is 1. The Morgan fingerprint density at radius 1 is 1.30 bits per heavy atom. The third kappa shape index (κ3) is 5.59. The van der Waals surface area contributed by atoms with Crippen LogP contribution in [0.4, 0.5) is 0 Å². The van der Waals surface area contributed by atoms with Crippen LogP contribution in [0.5, 0.6) is 0 Å². The topological polar surface area (TPSA) is 106 Å². The molecule has 2 aromatic rings.